The summed E-state index contributed by atoms with van der Waals surface area (Å²) in [5, 5.41) is 0. The zero-order valence-corrected chi connectivity index (χ0v) is 10.7. The van der Waals surface area contributed by atoms with Gasteiger partial charge in [-0.1, -0.05) is 24.3 Å². The first-order valence-electron chi connectivity index (χ1n) is 6.53. The van der Waals surface area contributed by atoms with E-state index in [9.17, 15) is 0 Å². The van der Waals surface area contributed by atoms with Gasteiger partial charge in [0, 0.05) is 18.8 Å². The topological polar surface area (TPSA) is 76.0 Å². The number of aromatic nitrogens is 2. The molecule has 3 rings (SSSR count). The van der Waals surface area contributed by atoms with Crippen molar-refractivity contribution in [1.82, 2.24) is 15.4 Å². The quantitative estimate of drug-likeness (QED) is 0.575. The predicted octanol–water partition coefficient (Wildman–Crippen LogP) is 1.62. The fourth-order valence-corrected chi connectivity index (χ4v) is 2.61. The summed E-state index contributed by atoms with van der Waals surface area (Å²) in [6.07, 6.45) is 5.34. The van der Waals surface area contributed by atoms with Crippen LogP contribution in [-0.2, 0) is 11.2 Å². The van der Waals surface area contributed by atoms with E-state index in [1.807, 2.05) is 0 Å². The molecule has 2 unspecified atom stereocenters. The number of nitrogens with one attached hydrogen (secondary N) is 2. The van der Waals surface area contributed by atoms with Crippen molar-refractivity contribution in [3.05, 3.63) is 53.6 Å². The van der Waals surface area contributed by atoms with E-state index < -0.39 is 0 Å². The number of hydrogen-bond acceptors (Lipinski definition) is 4. The Hall–Kier alpha value is -1.69. The molecule has 1 aliphatic rings. The summed E-state index contributed by atoms with van der Waals surface area (Å²) in [6, 6.07) is 8.40. The van der Waals surface area contributed by atoms with Gasteiger partial charge in [-0.2, -0.15) is 0 Å². The van der Waals surface area contributed by atoms with Crippen molar-refractivity contribution in [1.29, 1.82) is 0 Å². The van der Waals surface area contributed by atoms with E-state index in [1.165, 1.54) is 11.1 Å². The van der Waals surface area contributed by atoms with Crippen LogP contribution in [0.3, 0.4) is 0 Å². The molecule has 1 aliphatic heterocycles. The van der Waals surface area contributed by atoms with E-state index in [0.717, 1.165) is 25.3 Å². The van der Waals surface area contributed by atoms with Crippen LogP contribution in [0.5, 0.6) is 0 Å². The number of aromatic amines is 1. The van der Waals surface area contributed by atoms with Crippen LogP contribution in [-0.4, -0.2) is 16.6 Å². The molecule has 0 radical (unpaired) electrons. The van der Waals surface area contributed by atoms with Gasteiger partial charge in [0.05, 0.1) is 18.8 Å². The number of hydrogen-bond donors (Lipinski definition) is 3. The minimum atomic E-state index is -0.0360. The zero-order chi connectivity index (χ0) is 13.1. The van der Waals surface area contributed by atoms with Crippen LogP contribution in [0, 0.1) is 0 Å². The van der Waals surface area contributed by atoms with E-state index in [2.05, 4.69) is 39.7 Å². The van der Waals surface area contributed by atoms with Crippen molar-refractivity contribution >= 4 is 0 Å². The standard InChI is InChI=1S/C14H18N4O/c15-18-12(14-16-6-7-17-14)9-13-11-4-2-1-3-10(11)5-8-19-13/h1-4,6-7,12-13,18H,5,8-9,15H2,(H,16,17). The Bertz CT molecular complexity index is 526. The second-order valence-corrected chi connectivity index (χ2v) is 4.74. The maximum absolute atomic E-state index is 5.90. The van der Waals surface area contributed by atoms with Crippen LogP contribution in [0.2, 0.25) is 0 Å². The van der Waals surface area contributed by atoms with E-state index in [-0.39, 0.29) is 12.1 Å². The number of H-pyrrole nitrogens is 1. The molecule has 19 heavy (non-hydrogen) atoms. The van der Waals surface area contributed by atoms with Gasteiger partial charge in [-0.25, -0.2) is 10.4 Å². The van der Waals surface area contributed by atoms with Crippen LogP contribution in [0.4, 0.5) is 0 Å². The highest BCUT2D eigenvalue weighted by molar-refractivity contribution is 5.31. The second-order valence-electron chi connectivity index (χ2n) is 4.74. The van der Waals surface area contributed by atoms with Gasteiger partial charge in [0.15, 0.2) is 0 Å². The molecule has 100 valence electrons. The summed E-state index contributed by atoms with van der Waals surface area (Å²) in [5.74, 6) is 6.48. The highest BCUT2D eigenvalue weighted by Crippen LogP contribution is 2.33. The number of nitrogens with two attached hydrogens (primary N) is 1. The summed E-state index contributed by atoms with van der Waals surface area (Å²) in [6.45, 7) is 0.761. The molecule has 0 bridgehead atoms. The molecule has 1 aromatic heterocycles. The summed E-state index contributed by atoms with van der Waals surface area (Å²) >= 11 is 0. The van der Waals surface area contributed by atoms with E-state index >= 15 is 0 Å². The third-order valence-electron chi connectivity index (χ3n) is 3.59. The van der Waals surface area contributed by atoms with Crippen molar-refractivity contribution in [3.8, 4) is 0 Å². The van der Waals surface area contributed by atoms with Crippen molar-refractivity contribution in [2.75, 3.05) is 6.61 Å². The molecule has 4 N–H and O–H groups in total. The van der Waals surface area contributed by atoms with Gasteiger partial charge in [0.2, 0.25) is 0 Å². The number of nitrogens with zero attached hydrogens (tertiary/aromatic N) is 1. The molecule has 0 spiro atoms. The number of fused-ring (bicyclic) bond motifs is 1. The molecule has 1 aromatic carbocycles. The Morgan fingerprint density at radius 1 is 1.47 bits per heavy atom. The molecule has 2 atom stereocenters. The summed E-state index contributed by atoms with van der Waals surface area (Å²) < 4.78 is 5.90. The van der Waals surface area contributed by atoms with Crippen LogP contribution >= 0.6 is 0 Å². The number of imidazole rings is 1. The smallest absolute Gasteiger partial charge is 0.124 e. The second kappa shape index (κ2) is 5.52. The molecule has 5 nitrogen and oxygen atoms in total. The molecule has 2 heterocycles. The third kappa shape index (κ3) is 2.53. The fourth-order valence-electron chi connectivity index (χ4n) is 2.61. The number of benzene rings is 1. The van der Waals surface area contributed by atoms with E-state index in [0.29, 0.717) is 0 Å². The molecule has 0 saturated carbocycles. The molecular weight excluding hydrogens is 240 g/mol. The first-order valence-corrected chi connectivity index (χ1v) is 6.53. The first-order chi connectivity index (χ1) is 9.38. The monoisotopic (exact) mass is 258 g/mol. The van der Waals surface area contributed by atoms with Gasteiger partial charge in [-0.05, 0) is 17.5 Å². The first kappa shape index (κ1) is 12.3. The largest absolute Gasteiger partial charge is 0.373 e. The molecular formula is C14H18N4O. The Labute approximate surface area is 112 Å². The molecule has 0 fully saturated rings. The van der Waals surface area contributed by atoms with Gasteiger partial charge in [0.25, 0.3) is 0 Å². The predicted molar refractivity (Wildman–Crippen MR) is 72.1 cm³/mol. The van der Waals surface area contributed by atoms with Crippen molar-refractivity contribution < 1.29 is 4.74 Å². The average Bonchev–Trinajstić information content (AvgIpc) is 2.99. The van der Waals surface area contributed by atoms with Gasteiger partial charge in [-0.15, -0.1) is 0 Å². The van der Waals surface area contributed by atoms with Gasteiger partial charge in [0.1, 0.15) is 5.82 Å². The Morgan fingerprint density at radius 2 is 2.37 bits per heavy atom. The number of rotatable bonds is 4. The summed E-state index contributed by atoms with van der Waals surface area (Å²) in [7, 11) is 0. The molecule has 2 aromatic rings. The van der Waals surface area contributed by atoms with Crippen LogP contribution in [0.25, 0.3) is 0 Å². The average molecular weight is 258 g/mol. The SMILES string of the molecule is NNC(CC1OCCc2ccccc21)c1ncc[nH]1. The number of hydrazine groups is 1. The molecule has 5 heteroatoms. The summed E-state index contributed by atoms with van der Waals surface area (Å²) in [5.41, 5.74) is 5.44. The minimum absolute atomic E-state index is 0.0360. The molecule has 0 saturated heterocycles. The fraction of sp³-hybridized carbons (Fsp3) is 0.357. The van der Waals surface area contributed by atoms with Gasteiger partial charge < -0.3 is 9.72 Å². The van der Waals surface area contributed by atoms with E-state index in [1.54, 1.807) is 12.4 Å². The highest BCUT2D eigenvalue weighted by Gasteiger charge is 2.25. The lowest BCUT2D eigenvalue weighted by molar-refractivity contribution is 0.0287. The minimum Gasteiger partial charge on any atom is -0.373 e. The van der Waals surface area contributed by atoms with Crippen molar-refractivity contribution in [2.45, 2.75) is 25.0 Å². The van der Waals surface area contributed by atoms with Crippen LogP contribution in [0.1, 0.15) is 35.5 Å². The maximum Gasteiger partial charge on any atom is 0.124 e. The van der Waals surface area contributed by atoms with Crippen molar-refractivity contribution in [2.24, 2.45) is 5.84 Å². The van der Waals surface area contributed by atoms with Crippen molar-refractivity contribution in [3.63, 3.8) is 0 Å². The Kier molecular flexibility index (Phi) is 3.59. The lowest BCUT2D eigenvalue weighted by Gasteiger charge is -2.28. The Morgan fingerprint density at radius 3 is 3.16 bits per heavy atom. The molecule has 0 amide bonds. The lowest BCUT2D eigenvalue weighted by atomic mass is 9.93. The van der Waals surface area contributed by atoms with E-state index in [4.69, 9.17) is 10.6 Å². The molecule has 0 aliphatic carbocycles. The lowest BCUT2D eigenvalue weighted by Crippen LogP contribution is -2.31. The normalized spacial score (nSPS) is 19.9. The third-order valence-corrected chi connectivity index (χ3v) is 3.59. The number of ether oxygens (including phenoxy) is 1. The highest BCUT2D eigenvalue weighted by atomic mass is 16.5. The van der Waals surface area contributed by atoms with Gasteiger partial charge >= 0.3 is 0 Å². The maximum atomic E-state index is 5.90. The van der Waals surface area contributed by atoms with Crippen LogP contribution < -0.4 is 11.3 Å². The van der Waals surface area contributed by atoms with Gasteiger partial charge in [-0.3, -0.25) is 5.84 Å². The Balaban J connectivity index is 1.80. The zero-order valence-electron chi connectivity index (χ0n) is 10.7. The summed E-state index contributed by atoms with van der Waals surface area (Å²) in [4.78, 5) is 7.35. The van der Waals surface area contributed by atoms with Crippen LogP contribution in [0.15, 0.2) is 36.7 Å².